The van der Waals surface area contributed by atoms with Gasteiger partial charge in [0.15, 0.2) is 0 Å². The molecular formula is C24H24FN5. The average molecular weight is 401 g/mol. The van der Waals surface area contributed by atoms with E-state index < -0.39 is 0 Å². The summed E-state index contributed by atoms with van der Waals surface area (Å²) in [6.07, 6.45) is 8.86. The second-order valence-corrected chi connectivity index (χ2v) is 7.69. The first-order chi connectivity index (χ1) is 14.8. The van der Waals surface area contributed by atoms with E-state index in [1.165, 1.54) is 37.8 Å². The topological polar surface area (TPSA) is 44.3 Å². The first-order valence-corrected chi connectivity index (χ1v) is 10.5. The van der Waals surface area contributed by atoms with Crippen LogP contribution in [0.15, 0.2) is 72.9 Å². The molecule has 0 saturated heterocycles. The van der Waals surface area contributed by atoms with Crippen molar-refractivity contribution in [2.24, 2.45) is 0 Å². The van der Waals surface area contributed by atoms with Crippen LogP contribution in [0.3, 0.4) is 0 Å². The van der Waals surface area contributed by atoms with Crippen molar-refractivity contribution in [2.45, 2.75) is 31.7 Å². The molecule has 3 aromatic rings. The third kappa shape index (κ3) is 3.78. The van der Waals surface area contributed by atoms with Crippen molar-refractivity contribution in [3.8, 4) is 0 Å². The molecule has 2 aliphatic rings. The van der Waals surface area contributed by atoms with E-state index in [1.807, 2.05) is 48.5 Å². The summed E-state index contributed by atoms with van der Waals surface area (Å²) in [5.41, 5.74) is 3.74. The molecule has 1 aromatic heterocycles. The molecule has 1 saturated carbocycles. The number of nitrogens with zero attached hydrogens (tertiary/aromatic N) is 4. The van der Waals surface area contributed by atoms with Gasteiger partial charge in [0.1, 0.15) is 5.82 Å². The van der Waals surface area contributed by atoms with Gasteiger partial charge in [-0.3, -0.25) is 5.01 Å². The lowest BCUT2D eigenvalue weighted by atomic mass is 10.2. The lowest BCUT2D eigenvalue weighted by Crippen LogP contribution is -2.43. The average Bonchev–Trinajstić information content (AvgIpc) is 3.45. The number of nitrogens with one attached hydrogen (secondary N) is 1. The predicted molar refractivity (Wildman–Crippen MR) is 118 cm³/mol. The van der Waals surface area contributed by atoms with Crippen LogP contribution in [0.1, 0.15) is 31.4 Å². The Bertz CT molecular complexity index is 1030. The van der Waals surface area contributed by atoms with E-state index in [9.17, 15) is 4.39 Å². The molecule has 0 unspecified atom stereocenters. The first-order valence-electron chi connectivity index (χ1n) is 10.5. The monoisotopic (exact) mass is 401 g/mol. The van der Waals surface area contributed by atoms with Gasteiger partial charge in [0.25, 0.3) is 0 Å². The number of para-hydroxylation sites is 1. The molecule has 0 spiro atoms. The van der Waals surface area contributed by atoms with Crippen molar-refractivity contribution >= 4 is 23.0 Å². The van der Waals surface area contributed by atoms with E-state index in [1.54, 1.807) is 6.20 Å². The maximum Gasteiger partial charge on any atom is 0.227 e. The van der Waals surface area contributed by atoms with Crippen LogP contribution in [0.25, 0.3) is 5.70 Å². The normalized spacial score (nSPS) is 17.4. The Morgan fingerprint density at radius 3 is 2.47 bits per heavy atom. The molecule has 0 amide bonds. The van der Waals surface area contributed by atoms with Gasteiger partial charge in [0.2, 0.25) is 5.95 Å². The van der Waals surface area contributed by atoms with Crippen molar-refractivity contribution in [3.63, 3.8) is 0 Å². The summed E-state index contributed by atoms with van der Waals surface area (Å²) in [5.74, 6) is 0.324. The van der Waals surface area contributed by atoms with Crippen molar-refractivity contribution in [1.29, 1.82) is 0 Å². The highest BCUT2D eigenvalue weighted by Crippen LogP contribution is 2.36. The van der Waals surface area contributed by atoms with E-state index in [4.69, 9.17) is 4.98 Å². The summed E-state index contributed by atoms with van der Waals surface area (Å²) in [6.45, 7) is 0.822. The Kier molecular flexibility index (Phi) is 5.15. The highest BCUT2D eigenvalue weighted by Gasteiger charge is 2.34. The Morgan fingerprint density at radius 1 is 0.933 bits per heavy atom. The third-order valence-corrected chi connectivity index (χ3v) is 5.72. The largest absolute Gasteiger partial charge is 0.324 e. The smallest absolute Gasteiger partial charge is 0.227 e. The minimum absolute atomic E-state index is 0.229. The van der Waals surface area contributed by atoms with Crippen LogP contribution < -0.4 is 10.3 Å². The molecule has 1 N–H and O–H groups in total. The Balaban J connectivity index is 1.47. The summed E-state index contributed by atoms with van der Waals surface area (Å²) in [6, 6.07) is 19.0. The van der Waals surface area contributed by atoms with Crippen LogP contribution in [0.2, 0.25) is 0 Å². The molecular weight excluding hydrogens is 377 g/mol. The Morgan fingerprint density at radius 2 is 1.70 bits per heavy atom. The minimum atomic E-state index is -0.229. The number of hydrazine groups is 1. The van der Waals surface area contributed by atoms with Gasteiger partial charge in [-0.1, -0.05) is 31.0 Å². The molecule has 30 heavy (non-hydrogen) atoms. The molecule has 1 aliphatic carbocycles. The summed E-state index contributed by atoms with van der Waals surface area (Å²) < 4.78 is 13.6. The van der Waals surface area contributed by atoms with E-state index in [0.29, 0.717) is 12.0 Å². The molecule has 2 aromatic carbocycles. The highest BCUT2D eigenvalue weighted by atomic mass is 19.1. The zero-order valence-electron chi connectivity index (χ0n) is 16.7. The van der Waals surface area contributed by atoms with Gasteiger partial charge >= 0.3 is 0 Å². The van der Waals surface area contributed by atoms with Crippen LogP contribution >= 0.6 is 0 Å². The summed E-state index contributed by atoms with van der Waals surface area (Å²) in [5, 5.41) is 7.85. The summed E-state index contributed by atoms with van der Waals surface area (Å²) in [7, 11) is 0. The molecule has 2 heterocycles. The predicted octanol–water partition coefficient (Wildman–Crippen LogP) is 5.38. The fraction of sp³-hybridized carbons (Fsp3) is 0.250. The van der Waals surface area contributed by atoms with Crippen molar-refractivity contribution in [2.75, 3.05) is 16.9 Å². The van der Waals surface area contributed by atoms with Gasteiger partial charge in [-0.15, -0.1) is 0 Å². The van der Waals surface area contributed by atoms with E-state index in [-0.39, 0.29) is 5.82 Å². The lowest BCUT2D eigenvalue weighted by Gasteiger charge is -2.36. The second-order valence-electron chi connectivity index (χ2n) is 7.69. The van der Waals surface area contributed by atoms with E-state index >= 15 is 0 Å². The lowest BCUT2D eigenvalue weighted by molar-refractivity contribution is 0.236. The zero-order chi connectivity index (χ0) is 20.3. The second kappa shape index (κ2) is 8.24. The van der Waals surface area contributed by atoms with Gasteiger partial charge in [0.05, 0.1) is 17.1 Å². The number of halogens is 1. The number of anilines is 3. The number of rotatable bonds is 5. The van der Waals surface area contributed by atoms with Crippen LogP contribution in [0.5, 0.6) is 0 Å². The van der Waals surface area contributed by atoms with Crippen molar-refractivity contribution < 1.29 is 4.39 Å². The molecule has 5 rings (SSSR count). The van der Waals surface area contributed by atoms with Gasteiger partial charge in [-0.25, -0.2) is 19.4 Å². The molecule has 5 nitrogen and oxygen atoms in total. The summed E-state index contributed by atoms with van der Waals surface area (Å²) >= 11 is 0. The van der Waals surface area contributed by atoms with Crippen LogP contribution in [0, 0.1) is 5.82 Å². The van der Waals surface area contributed by atoms with Crippen molar-refractivity contribution in [1.82, 2.24) is 15.0 Å². The highest BCUT2D eigenvalue weighted by molar-refractivity contribution is 5.79. The quantitative estimate of drug-likeness (QED) is 0.622. The van der Waals surface area contributed by atoms with Crippen LogP contribution in [0.4, 0.5) is 21.7 Å². The molecule has 1 fully saturated rings. The Hall–Kier alpha value is -3.25. The number of hydrogen-bond donors (Lipinski definition) is 1. The fourth-order valence-corrected chi connectivity index (χ4v) is 4.30. The molecule has 0 atom stereocenters. The maximum absolute atomic E-state index is 13.6. The van der Waals surface area contributed by atoms with Crippen LogP contribution in [-0.4, -0.2) is 27.6 Å². The van der Waals surface area contributed by atoms with Crippen molar-refractivity contribution in [3.05, 3.63) is 84.4 Å². The summed E-state index contributed by atoms with van der Waals surface area (Å²) in [4.78, 5) is 9.15. The minimum Gasteiger partial charge on any atom is -0.324 e. The zero-order valence-corrected chi connectivity index (χ0v) is 16.7. The fourth-order valence-electron chi connectivity index (χ4n) is 4.30. The van der Waals surface area contributed by atoms with Gasteiger partial charge in [-0.05, 0) is 61.4 Å². The Labute approximate surface area is 175 Å². The standard InChI is InChI=1S/C24H24FN5/c25-18-10-12-21(13-11-18)30-23(15-17-29(30)20-8-4-5-9-20)22-14-16-26-24(28-22)27-19-6-2-1-3-7-19/h1-3,6-7,10-16,20H,4-5,8-9,17H2,(H,26,27,28). The first kappa shape index (κ1) is 18.8. The number of aromatic nitrogens is 2. The third-order valence-electron chi connectivity index (χ3n) is 5.72. The van der Waals surface area contributed by atoms with Gasteiger partial charge in [-0.2, -0.15) is 0 Å². The molecule has 6 heteroatoms. The van der Waals surface area contributed by atoms with E-state index in [0.717, 1.165) is 29.3 Å². The molecule has 1 aliphatic heterocycles. The number of benzene rings is 2. The van der Waals surface area contributed by atoms with Gasteiger partial charge in [0, 0.05) is 24.5 Å². The molecule has 0 radical (unpaired) electrons. The molecule has 0 bridgehead atoms. The molecule has 152 valence electrons. The number of hydrogen-bond acceptors (Lipinski definition) is 5. The van der Waals surface area contributed by atoms with Crippen LogP contribution in [-0.2, 0) is 0 Å². The maximum atomic E-state index is 13.6. The SMILES string of the molecule is Fc1ccc(N2C(c3ccnc(Nc4ccccc4)n3)=CCN2C2CCCC2)cc1. The van der Waals surface area contributed by atoms with Gasteiger partial charge < -0.3 is 5.32 Å². The van der Waals surface area contributed by atoms with E-state index in [2.05, 4.69) is 26.4 Å².